The Morgan fingerprint density at radius 3 is 0.725 bits per heavy atom. The molecular weight excluding hydrogens is 981 g/mol. The molecule has 0 amide bonds. The fourth-order valence-electron chi connectivity index (χ4n) is 12.1. The number of hydrogen-bond donors (Lipinski definition) is 0. The van der Waals surface area contributed by atoms with Gasteiger partial charge in [-0.05, 0) is 93.0 Å². The monoisotopic (exact) mass is 1060 g/mol. The largest absolute Gasteiger partial charge is 0.309 e. The Morgan fingerprint density at radius 2 is 0.463 bits per heavy atom. The van der Waals surface area contributed by atoms with Crippen molar-refractivity contribution in [1.29, 1.82) is 0 Å². The Hall–Kier alpha value is -8.24. The topological polar surface area (TPSA) is 6.48 Å². The van der Waals surface area contributed by atoms with Crippen LogP contribution in [0, 0.1) is 0 Å². The summed E-state index contributed by atoms with van der Waals surface area (Å²) >= 11 is 0. The van der Waals surface area contributed by atoms with E-state index in [0.717, 1.165) is 28.4 Å². The molecule has 80 heavy (non-hydrogen) atoms. The second-order valence-corrected chi connectivity index (χ2v) is 30.2. The number of nitrogens with zero attached hydrogens (tertiary/aromatic N) is 2. The first kappa shape index (κ1) is 53.7. The Kier molecular flexibility index (Phi) is 14.2. The minimum atomic E-state index is -1.86. The number of benzene rings is 11. The van der Waals surface area contributed by atoms with Gasteiger partial charge in [-0.15, -0.1) is 0 Å². The highest BCUT2D eigenvalue weighted by Gasteiger charge is 2.31. The van der Waals surface area contributed by atoms with E-state index in [-0.39, 0.29) is 21.7 Å². The van der Waals surface area contributed by atoms with Gasteiger partial charge in [0.1, 0.15) is 0 Å². The smallest absolute Gasteiger partial charge is 0.0776 e. The quantitative estimate of drug-likeness (QED) is 0.0573. The minimum Gasteiger partial charge on any atom is -0.309 e. The predicted molar refractivity (Wildman–Crippen MR) is 348 cm³/mol. The third-order valence-electron chi connectivity index (χ3n) is 17.7. The lowest BCUT2D eigenvalue weighted by molar-refractivity contribution is 0.640. The first-order chi connectivity index (χ1) is 38.3. The molecular formula is C77H76N2Si. The molecule has 11 aromatic carbocycles. The standard InChI is InChI=1S/C77H76N2Si/c1-74(2,55-26-16-12-17-27-55)59-36-44-63(45-37-59)78(64-46-38-60(39-47-64)75(3,4)56-28-18-13-19-29-56)72-68-34-24-25-35-69(68)73(71-54-67(80(9,10)11)52-53-70(71)72)79(65-48-40-61(41-49-65)76(5,6)57-30-20-14-21-31-57)66-50-42-62(43-51-66)77(7,8)58-32-22-15-23-33-58/h12-54H,1-11H3. The van der Waals surface area contributed by atoms with Gasteiger partial charge in [-0.1, -0.05) is 293 Å². The molecule has 11 rings (SSSR count). The van der Waals surface area contributed by atoms with Crippen LogP contribution in [-0.4, -0.2) is 8.07 Å². The summed E-state index contributed by atoms with van der Waals surface area (Å²) in [4.78, 5) is 5.08. The summed E-state index contributed by atoms with van der Waals surface area (Å²) in [6, 6.07) is 97.7. The van der Waals surface area contributed by atoms with Crippen LogP contribution in [0.1, 0.15) is 99.9 Å². The fourth-order valence-corrected chi connectivity index (χ4v) is 13.3. The number of fused-ring (bicyclic) bond motifs is 2. The third-order valence-corrected chi connectivity index (χ3v) is 19.7. The van der Waals surface area contributed by atoms with Gasteiger partial charge in [-0.25, -0.2) is 0 Å². The minimum absolute atomic E-state index is 0.196. The maximum Gasteiger partial charge on any atom is 0.0776 e. The highest BCUT2D eigenvalue weighted by molar-refractivity contribution is 6.88. The van der Waals surface area contributed by atoms with E-state index in [1.807, 2.05) is 0 Å². The molecule has 398 valence electrons. The van der Waals surface area contributed by atoms with Gasteiger partial charge >= 0.3 is 0 Å². The van der Waals surface area contributed by atoms with Crippen LogP contribution in [0.15, 0.2) is 261 Å². The Bertz CT molecular complexity index is 3720. The molecule has 0 aliphatic heterocycles. The summed E-state index contributed by atoms with van der Waals surface area (Å²) in [5.74, 6) is 0. The molecule has 0 spiro atoms. The molecule has 0 aliphatic rings. The third kappa shape index (κ3) is 9.98. The zero-order valence-corrected chi connectivity index (χ0v) is 49.7. The molecule has 0 N–H and O–H groups in total. The predicted octanol–water partition coefficient (Wildman–Crippen LogP) is 20.8. The molecule has 0 atom stereocenters. The van der Waals surface area contributed by atoms with Crippen LogP contribution in [0.3, 0.4) is 0 Å². The van der Waals surface area contributed by atoms with Crippen molar-refractivity contribution in [3.8, 4) is 0 Å². The van der Waals surface area contributed by atoms with Crippen molar-refractivity contribution in [3.05, 3.63) is 305 Å². The highest BCUT2D eigenvalue weighted by Crippen LogP contribution is 2.52. The van der Waals surface area contributed by atoms with E-state index in [9.17, 15) is 0 Å². The molecule has 0 saturated heterocycles. The molecule has 2 nitrogen and oxygen atoms in total. The van der Waals surface area contributed by atoms with Crippen molar-refractivity contribution in [2.24, 2.45) is 0 Å². The van der Waals surface area contributed by atoms with Crippen molar-refractivity contribution >= 4 is 68.9 Å². The number of hydrogen-bond acceptors (Lipinski definition) is 2. The summed E-state index contributed by atoms with van der Waals surface area (Å²) in [5, 5.41) is 6.18. The first-order valence-corrected chi connectivity index (χ1v) is 32.1. The number of rotatable bonds is 15. The van der Waals surface area contributed by atoms with Gasteiger partial charge in [0.2, 0.25) is 0 Å². The SMILES string of the molecule is CC(C)(c1ccccc1)c1ccc(N(c2ccc(C(C)(C)c3ccccc3)cc2)c2c3ccccc3c(N(c3ccc(C(C)(C)c4ccccc4)cc3)c3ccc(C(C)(C)c4ccccc4)cc3)c3cc([Si](C)(C)C)ccc23)cc1. The summed E-state index contributed by atoms with van der Waals surface area (Å²) in [7, 11) is -1.86. The fraction of sp³-hybridized carbons (Fsp3) is 0.195. The van der Waals surface area contributed by atoms with E-state index in [0.29, 0.717) is 0 Å². The van der Waals surface area contributed by atoms with Gasteiger partial charge in [0.25, 0.3) is 0 Å². The second-order valence-electron chi connectivity index (χ2n) is 25.1. The van der Waals surface area contributed by atoms with Gasteiger partial charge in [-0.3, -0.25) is 0 Å². The summed E-state index contributed by atoms with van der Waals surface area (Å²) in [6.45, 7) is 26.1. The lowest BCUT2D eigenvalue weighted by Gasteiger charge is -2.35. The van der Waals surface area contributed by atoms with Crippen LogP contribution >= 0.6 is 0 Å². The van der Waals surface area contributed by atoms with Crippen LogP contribution in [-0.2, 0) is 21.7 Å². The zero-order chi connectivity index (χ0) is 56.0. The second kappa shape index (κ2) is 21.1. The van der Waals surface area contributed by atoms with Crippen molar-refractivity contribution in [3.63, 3.8) is 0 Å². The molecule has 0 aromatic heterocycles. The Balaban J connectivity index is 1.17. The van der Waals surface area contributed by atoms with Crippen molar-refractivity contribution in [2.75, 3.05) is 9.80 Å². The van der Waals surface area contributed by atoms with Crippen molar-refractivity contribution < 1.29 is 0 Å². The van der Waals surface area contributed by atoms with E-state index in [1.165, 1.54) is 76.9 Å². The normalized spacial score (nSPS) is 12.4. The van der Waals surface area contributed by atoms with Gasteiger partial charge in [0.15, 0.2) is 0 Å². The zero-order valence-electron chi connectivity index (χ0n) is 48.7. The first-order valence-electron chi connectivity index (χ1n) is 28.6. The van der Waals surface area contributed by atoms with Crippen LogP contribution in [0.4, 0.5) is 34.1 Å². The lowest BCUT2D eigenvalue weighted by atomic mass is 9.78. The molecule has 11 aromatic rings. The maximum atomic E-state index is 2.55. The average Bonchev–Trinajstić information content (AvgIpc) is 3.59. The van der Waals surface area contributed by atoms with Crippen LogP contribution in [0.5, 0.6) is 0 Å². The van der Waals surface area contributed by atoms with E-state index in [2.05, 4.69) is 346 Å². The molecule has 0 fully saturated rings. The molecule has 0 bridgehead atoms. The average molecular weight is 1060 g/mol. The van der Waals surface area contributed by atoms with Crippen LogP contribution < -0.4 is 15.0 Å². The molecule has 0 aliphatic carbocycles. The van der Waals surface area contributed by atoms with E-state index in [4.69, 9.17) is 0 Å². The van der Waals surface area contributed by atoms with Gasteiger partial charge in [0, 0.05) is 66.0 Å². The van der Waals surface area contributed by atoms with Crippen molar-refractivity contribution in [2.45, 2.75) is 96.7 Å². The molecule has 0 saturated carbocycles. The number of anilines is 6. The van der Waals surface area contributed by atoms with E-state index >= 15 is 0 Å². The summed E-state index contributed by atoms with van der Waals surface area (Å²) < 4.78 is 0. The summed E-state index contributed by atoms with van der Waals surface area (Å²) in [5.41, 5.74) is 16.2. The maximum absolute atomic E-state index is 2.55. The van der Waals surface area contributed by atoms with Gasteiger partial charge in [0.05, 0.1) is 19.4 Å². The van der Waals surface area contributed by atoms with Gasteiger partial charge in [-0.2, -0.15) is 0 Å². The van der Waals surface area contributed by atoms with Crippen LogP contribution in [0.25, 0.3) is 21.5 Å². The Labute approximate surface area is 478 Å². The molecule has 0 unspecified atom stereocenters. The lowest BCUT2D eigenvalue weighted by Crippen LogP contribution is -2.37. The molecule has 0 radical (unpaired) electrons. The molecule has 3 heteroatoms. The van der Waals surface area contributed by atoms with Crippen molar-refractivity contribution in [1.82, 2.24) is 0 Å². The van der Waals surface area contributed by atoms with E-state index in [1.54, 1.807) is 0 Å². The summed E-state index contributed by atoms with van der Waals surface area (Å²) in [6.07, 6.45) is 0. The van der Waals surface area contributed by atoms with Gasteiger partial charge < -0.3 is 9.80 Å². The van der Waals surface area contributed by atoms with Crippen LogP contribution in [0.2, 0.25) is 19.6 Å². The molecule has 0 heterocycles. The Morgan fingerprint density at radius 1 is 0.237 bits per heavy atom. The van der Waals surface area contributed by atoms with E-state index < -0.39 is 8.07 Å². The highest BCUT2D eigenvalue weighted by atomic mass is 28.3.